The molecule has 0 saturated heterocycles. The highest BCUT2D eigenvalue weighted by Crippen LogP contribution is 2.20. The van der Waals surface area contributed by atoms with Crippen LogP contribution in [0, 0.1) is 23.3 Å². The van der Waals surface area contributed by atoms with Gasteiger partial charge >= 0.3 is 0 Å². The molecule has 0 aliphatic rings. The Hall–Kier alpha value is -2.57. The summed E-state index contributed by atoms with van der Waals surface area (Å²) in [6.45, 7) is 1.35. The van der Waals surface area contributed by atoms with Crippen molar-refractivity contribution >= 4 is 11.6 Å². The maximum absolute atomic E-state index is 13.4. The van der Waals surface area contributed by atoms with Gasteiger partial charge < -0.3 is 10.1 Å². The van der Waals surface area contributed by atoms with Crippen molar-refractivity contribution in [2.75, 3.05) is 5.32 Å². The van der Waals surface area contributed by atoms with Gasteiger partial charge in [0.15, 0.2) is 23.6 Å². The van der Waals surface area contributed by atoms with Gasteiger partial charge in [0, 0.05) is 6.07 Å². The first-order valence-corrected chi connectivity index (χ1v) is 6.25. The summed E-state index contributed by atoms with van der Waals surface area (Å²) < 4.78 is 57.5. The van der Waals surface area contributed by atoms with E-state index >= 15 is 0 Å². The zero-order valence-electron chi connectivity index (χ0n) is 11.4. The summed E-state index contributed by atoms with van der Waals surface area (Å²) in [6.07, 6.45) is -1.10. The molecular formula is C15H11F4NO2. The van der Waals surface area contributed by atoms with Crippen LogP contribution in [0.1, 0.15) is 6.92 Å². The molecule has 2 rings (SSSR count). The predicted molar refractivity (Wildman–Crippen MR) is 71.4 cm³/mol. The fourth-order valence-electron chi connectivity index (χ4n) is 1.65. The van der Waals surface area contributed by atoms with Crippen LogP contribution < -0.4 is 10.1 Å². The highest BCUT2D eigenvalue weighted by molar-refractivity contribution is 5.94. The zero-order chi connectivity index (χ0) is 16.3. The number of nitrogens with one attached hydrogen (secondary N) is 1. The lowest BCUT2D eigenvalue weighted by Gasteiger charge is -2.15. The number of amides is 1. The monoisotopic (exact) mass is 313 g/mol. The van der Waals surface area contributed by atoms with Crippen LogP contribution in [0.4, 0.5) is 23.2 Å². The minimum Gasteiger partial charge on any atom is -0.481 e. The van der Waals surface area contributed by atoms with Crippen molar-refractivity contribution in [1.29, 1.82) is 0 Å². The first-order chi connectivity index (χ1) is 10.4. The minimum absolute atomic E-state index is 0.105. The lowest BCUT2D eigenvalue weighted by atomic mass is 10.2. The van der Waals surface area contributed by atoms with Gasteiger partial charge in [-0.15, -0.1) is 0 Å². The summed E-state index contributed by atoms with van der Waals surface area (Å²) in [5.74, 6) is -5.79. The molecular weight excluding hydrogens is 302 g/mol. The van der Waals surface area contributed by atoms with Crippen molar-refractivity contribution in [2.24, 2.45) is 0 Å². The average Bonchev–Trinajstić information content (AvgIpc) is 2.47. The van der Waals surface area contributed by atoms with Crippen LogP contribution in [0.3, 0.4) is 0 Å². The van der Waals surface area contributed by atoms with Gasteiger partial charge in [0.1, 0.15) is 11.6 Å². The van der Waals surface area contributed by atoms with Crippen LogP contribution in [-0.2, 0) is 4.79 Å². The third-order valence-electron chi connectivity index (χ3n) is 2.77. The van der Waals surface area contributed by atoms with E-state index in [4.69, 9.17) is 4.74 Å². The van der Waals surface area contributed by atoms with Crippen molar-refractivity contribution in [3.05, 3.63) is 59.7 Å². The minimum atomic E-state index is -1.68. The van der Waals surface area contributed by atoms with E-state index in [-0.39, 0.29) is 5.75 Å². The maximum Gasteiger partial charge on any atom is 0.265 e. The van der Waals surface area contributed by atoms with E-state index in [1.165, 1.54) is 25.1 Å². The molecule has 0 fully saturated rings. The van der Waals surface area contributed by atoms with Crippen molar-refractivity contribution in [3.8, 4) is 5.75 Å². The number of anilines is 1. The lowest BCUT2D eigenvalue weighted by molar-refractivity contribution is -0.122. The molecule has 0 heterocycles. The van der Waals surface area contributed by atoms with Gasteiger partial charge in [0.2, 0.25) is 0 Å². The van der Waals surface area contributed by atoms with Crippen molar-refractivity contribution < 1.29 is 27.1 Å². The van der Waals surface area contributed by atoms with Gasteiger partial charge in [-0.2, -0.15) is 0 Å². The quantitative estimate of drug-likeness (QED) is 0.691. The van der Waals surface area contributed by atoms with Crippen LogP contribution >= 0.6 is 0 Å². The second-order valence-corrected chi connectivity index (χ2v) is 4.43. The van der Waals surface area contributed by atoms with Crippen LogP contribution in [0.15, 0.2) is 36.4 Å². The number of halogens is 4. The summed E-state index contributed by atoms with van der Waals surface area (Å²) in [4.78, 5) is 11.8. The number of ether oxygens (including phenoxy) is 1. The van der Waals surface area contributed by atoms with Crippen LogP contribution in [0.25, 0.3) is 0 Å². The van der Waals surface area contributed by atoms with E-state index in [1.807, 2.05) is 0 Å². The first kappa shape index (κ1) is 15.8. The Balaban J connectivity index is 2.07. The molecule has 22 heavy (non-hydrogen) atoms. The molecule has 116 valence electrons. The van der Waals surface area contributed by atoms with E-state index in [0.717, 1.165) is 12.1 Å². The van der Waals surface area contributed by atoms with E-state index in [1.54, 1.807) is 0 Å². The largest absolute Gasteiger partial charge is 0.481 e. The van der Waals surface area contributed by atoms with Gasteiger partial charge in [-0.3, -0.25) is 4.79 Å². The van der Waals surface area contributed by atoms with Gasteiger partial charge in [-0.1, -0.05) is 6.07 Å². The fourth-order valence-corrected chi connectivity index (χ4v) is 1.65. The van der Waals surface area contributed by atoms with Crippen LogP contribution in [0.5, 0.6) is 5.75 Å². The summed E-state index contributed by atoms with van der Waals surface area (Å²) in [5.41, 5.74) is -0.515. The highest BCUT2D eigenvalue weighted by atomic mass is 19.2. The van der Waals surface area contributed by atoms with Crippen molar-refractivity contribution in [2.45, 2.75) is 13.0 Å². The van der Waals surface area contributed by atoms with E-state index in [2.05, 4.69) is 5.32 Å². The molecule has 0 spiro atoms. The Morgan fingerprint density at radius 3 is 2.50 bits per heavy atom. The molecule has 0 aliphatic carbocycles. The third-order valence-corrected chi connectivity index (χ3v) is 2.77. The maximum atomic E-state index is 13.4. The topological polar surface area (TPSA) is 38.3 Å². The highest BCUT2D eigenvalue weighted by Gasteiger charge is 2.19. The molecule has 3 nitrogen and oxygen atoms in total. The Morgan fingerprint density at radius 2 is 1.82 bits per heavy atom. The van der Waals surface area contributed by atoms with Gasteiger partial charge in [-0.25, -0.2) is 17.6 Å². The second kappa shape index (κ2) is 6.46. The number of hydrogen-bond acceptors (Lipinski definition) is 2. The number of benzene rings is 2. The van der Waals surface area contributed by atoms with Crippen molar-refractivity contribution in [1.82, 2.24) is 0 Å². The lowest BCUT2D eigenvalue weighted by Crippen LogP contribution is -2.30. The molecule has 0 bridgehead atoms. The summed E-state index contributed by atoms with van der Waals surface area (Å²) in [7, 11) is 0. The Labute approximate surface area is 123 Å². The number of rotatable bonds is 4. The second-order valence-electron chi connectivity index (χ2n) is 4.43. The summed E-state index contributed by atoms with van der Waals surface area (Å²) >= 11 is 0. The zero-order valence-corrected chi connectivity index (χ0v) is 11.4. The molecule has 2 aromatic carbocycles. The molecule has 1 unspecified atom stereocenters. The number of hydrogen-bond donors (Lipinski definition) is 1. The fraction of sp³-hybridized carbons (Fsp3) is 0.133. The standard InChI is InChI=1S/C15H11F4NO2/c1-8(22-10-4-2-3-9(16)7-10)15(21)20-12-6-5-11(17)13(18)14(12)19/h2-8H,1H3,(H,20,21). The molecule has 0 aromatic heterocycles. The van der Waals surface area contributed by atoms with E-state index in [0.29, 0.717) is 6.07 Å². The SMILES string of the molecule is CC(Oc1cccc(F)c1)C(=O)Nc1ccc(F)c(F)c1F. The molecule has 0 aliphatic heterocycles. The molecule has 1 amide bonds. The Bertz CT molecular complexity index is 706. The van der Waals surface area contributed by atoms with Gasteiger partial charge in [0.05, 0.1) is 5.69 Å². The number of carbonyl (C=O) groups excluding carboxylic acids is 1. The molecule has 7 heteroatoms. The average molecular weight is 313 g/mol. The summed E-state index contributed by atoms with van der Waals surface area (Å²) in [6, 6.07) is 6.68. The van der Waals surface area contributed by atoms with Gasteiger partial charge in [0.25, 0.3) is 5.91 Å². The molecule has 0 radical (unpaired) electrons. The van der Waals surface area contributed by atoms with Crippen molar-refractivity contribution in [3.63, 3.8) is 0 Å². The molecule has 1 atom stereocenters. The molecule has 0 saturated carbocycles. The molecule has 1 N–H and O–H groups in total. The number of carbonyl (C=O) groups is 1. The smallest absolute Gasteiger partial charge is 0.265 e. The predicted octanol–water partition coefficient (Wildman–Crippen LogP) is 3.65. The third kappa shape index (κ3) is 3.55. The molecule has 2 aromatic rings. The Kier molecular flexibility index (Phi) is 4.65. The van der Waals surface area contributed by atoms with Crippen LogP contribution in [-0.4, -0.2) is 12.0 Å². The van der Waals surface area contributed by atoms with E-state index < -0.39 is 41.0 Å². The van der Waals surface area contributed by atoms with E-state index in [9.17, 15) is 22.4 Å². The summed E-state index contributed by atoms with van der Waals surface area (Å²) in [5, 5.41) is 2.07. The Morgan fingerprint density at radius 1 is 1.09 bits per heavy atom. The normalized spacial score (nSPS) is 11.9. The first-order valence-electron chi connectivity index (χ1n) is 6.25. The van der Waals surface area contributed by atoms with Crippen LogP contribution in [0.2, 0.25) is 0 Å². The van der Waals surface area contributed by atoms with Gasteiger partial charge in [-0.05, 0) is 31.2 Å².